The summed E-state index contributed by atoms with van der Waals surface area (Å²) in [6, 6.07) is 6.82. The Balaban J connectivity index is 2.13. The number of nitrogen functional groups attached to an aromatic ring is 1. The Labute approximate surface area is 104 Å². The Morgan fingerprint density at radius 1 is 1.29 bits per heavy atom. The second-order valence-corrected chi connectivity index (χ2v) is 5.19. The Bertz CT molecular complexity index is 381. The van der Waals surface area contributed by atoms with Crippen LogP contribution in [0.5, 0.6) is 0 Å². The summed E-state index contributed by atoms with van der Waals surface area (Å²) in [6.07, 6.45) is 2.47. The fourth-order valence-corrected chi connectivity index (χ4v) is 2.59. The van der Waals surface area contributed by atoms with Gasteiger partial charge in [-0.25, -0.2) is 0 Å². The minimum absolute atomic E-state index is 0.645. The summed E-state index contributed by atoms with van der Waals surface area (Å²) in [5, 5.41) is 0. The molecule has 1 fully saturated rings. The van der Waals surface area contributed by atoms with Crippen molar-refractivity contribution in [1.82, 2.24) is 4.90 Å². The van der Waals surface area contributed by atoms with Crippen LogP contribution in [0.25, 0.3) is 0 Å². The van der Waals surface area contributed by atoms with E-state index in [1.165, 1.54) is 37.2 Å². The zero-order chi connectivity index (χ0) is 12.4. The smallest absolute Gasteiger partial charge is 0.0416 e. The summed E-state index contributed by atoms with van der Waals surface area (Å²) in [5.41, 5.74) is 9.32. The largest absolute Gasteiger partial charge is 0.399 e. The molecule has 0 bridgehead atoms. The van der Waals surface area contributed by atoms with Crippen molar-refractivity contribution in [3.8, 4) is 0 Å². The maximum Gasteiger partial charge on any atom is 0.0416 e. The van der Waals surface area contributed by atoms with Gasteiger partial charge in [-0.05, 0) is 57.6 Å². The van der Waals surface area contributed by atoms with Crippen molar-refractivity contribution >= 4 is 11.4 Å². The Morgan fingerprint density at radius 2 is 1.94 bits per heavy atom. The third kappa shape index (κ3) is 2.72. The quantitative estimate of drug-likeness (QED) is 0.794. The number of rotatable bonds is 2. The number of hydrogen-bond donors (Lipinski definition) is 1. The molecular weight excluding hydrogens is 210 g/mol. The number of hydrogen-bond acceptors (Lipinski definition) is 3. The monoisotopic (exact) mass is 233 g/mol. The number of anilines is 2. The minimum atomic E-state index is 0.645. The highest BCUT2D eigenvalue weighted by Gasteiger charge is 2.21. The second-order valence-electron chi connectivity index (χ2n) is 5.19. The van der Waals surface area contributed by atoms with Crippen molar-refractivity contribution in [1.29, 1.82) is 0 Å². The van der Waals surface area contributed by atoms with Gasteiger partial charge in [-0.1, -0.05) is 6.07 Å². The number of aryl methyl sites for hydroxylation is 1. The molecule has 1 aromatic carbocycles. The van der Waals surface area contributed by atoms with Crippen molar-refractivity contribution in [3.05, 3.63) is 23.8 Å². The van der Waals surface area contributed by atoms with Gasteiger partial charge < -0.3 is 15.5 Å². The molecule has 0 radical (unpaired) electrons. The second kappa shape index (κ2) is 4.96. The highest BCUT2D eigenvalue weighted by molar-refractivity contribution is 5.61. The maximum atomic E-state index is 5.88. The van der Waals surface area contributed by atoms with Crippen LogP contribution in [0.3, 0.4) is 0 Å². The third-order valence-corrected chi connectivity index (χ3v) is 3.85. The van der Waals surface area contributed by atoms with Gasteiger partial charge in [-0.15, -0.1) is 0 Å². The van der Waals surface area contributed by atoms with Crippen molar-refractivity contribution in [2.24, 2.45) is 0 Å². The minimum Gasteiger partial charge on any atom is -0.399 e. The average Bonchev–Trinajstić information content (AvgIpc) is 2.32. The predicted octanol–water partition coefficient (Wildman–Crippen LogP) is 2.11. The predicted molar refractivity (Wildman–Crippen MR) is 74.5 cm³/mol. The molecule has 0 amide bonds. The summed E-state index contributed by atoms with van der Waals surface area (Å²) >= 11 is 0. The molecule has 0 saturated carbocycles. The molecule has 2 rings (SSSR count). The number of likely N-dealkylation sites (tertiary alicyclic amines) is 1. The Hall–Kier alpha value is -1.22. The molecule has 94 valence electrons. The fraction of sp³-hybridized carbons (Fsp3) is 0.571. The number of piperidine rings is 1. The zero-order valence-electron chi connectivity index (χ0n) is 11.1. The number of benzene rings is 1. The van der Waals surface area contributed by atoms with Crippen LogP contribution >= 0.6 is 0 Å². The molecule has 2 N–H and O–H groups in total. The first kappa shape index (κ1) is 12.2. The lowest BCUT2D eigenvalue weighted by Crippen LogP contribution is -2.42. The lowest BCUT2D eigenvalue weighted by Gasteiger charge is -2.37. The number of nitrogens with two attached hydrogens (primary N) is 1. The molecule has 1 heterocycles. The zero-order valence-corrected chi connectivity index (χ0v) is 11.1. The van der Waals surface area contributed by atoms with Crippen LogP contribution in [0, 0.1) is 6.92 Å². The SMILES string of the molecule is Cc1ccc(N)cc1N(C)C1CCN(C)CC1. The first-order valence-electron chi connectivity index (χ1n) is 6.35. The molecule has 0 aliphatic carbocycles. The highest BCUT2D eigenvalue weighted by Crippen LogP contribution is 2.26. The molecule has 0 spiro atoms. The number of nitrogens with zero attached hydrogens (tertiary/aromatic N) is 2. The van der Waals surface area contributed by atoms with Gasteiger partial charge in [0.05, 0.1) is 0 Å². The van der Waals surface area contributed by atoms with Gasteiger partial charge in [-0.3, -0.25) is 0 Å². The molecule has 3 heteroatoms. The standard InChI is InChI=1S/C14H23N3/c1-11-4-5-12(15)10-14(11)17(3)13-6-8-16(2)9-7-13/h4-5,10,13H,6-9,15H2,1-3H3. The molecule has 1 aromatic rings. The molecule has 1 saturated heterocycles. The normalized spacial score (nSPS) is 18.3. The maximum absolute atomic E-state index is 5.88. The topological polar surface area (TPSA) is 32.5 Å². The van der Waals surface area contributed by atoms with E-state index in [2.05, 4.69) is 43.0 Å². The van der Waals surface area contributed by atoms with E-state index in [-0.39, 0.29) is 0 Å². The van der Waals surface area contributed by atoms with E-state index >= 15 is 0 Å². The summed E-state index contributed by atoms with van der Waals surface area (Å²) in [5.74, 6) is 0. The van der Waals surface area contributed by atoms with E-state index in [1.807, 2.05) is 6.07 Å². The van der Waals surface area contributed by atoms with E-state index in [0.717, 1.165) is 5.69 Å². The first-order valence-corrected chi connectivity index (χ1v) is 6.35. The van der Waals surface area contributed by atoms with Crippen molar-refractivity contribution in [2.75, 3.05) is 37.8 Å². The average molecular weight is 233 g/mol. The third-order valence-electron chi connectivity index (χ3n) is 3.85. The van der Waals surface area contributed by atoms with Gasteiger partial charge >= 0.3 is 0 Å². The molecule has 17 heavy (non-hydrogen) atoms. The van der Waals surface area contributed by atoms with Crippen LogP contribution < -0.4 is 10.6 Å². The van der Waals surface area contributed by atoms with E-state index in [1.54, 1.807) is 0 Å². The Kier molecular flexibility index (Phi) is 3.57. The molecular formula is C14H23N3. The molecule has 0 atom stereocenters. The van der Waals surface area contributed by atoms with E-state index in [0.29, 0.717) is 6.04 Å². The van der Waals surface area contributed by atoms with E-state index in [4.69, 9.17) is 5.73 Å². The van der Waals surface area contributed by atoms with Crippen LogP contribution in [-0.2, 0) is 0 Å². The van der Waals surface area contributed by atoms with E-state index in [9.17, 15) is 0 Å². The van der Waals surface area contributed by atoms with E-state index < -0.39 is 0 Å². The van der Waals surface area contributed by atoms with Crippen LogP contribution in [-0.4, -0.2) is 38.1 Å². The Morgan fingerprint density at radius 3 is 2.59 bits per heavy atom. The van der Waals surface area contributed by atoms with Gasteiger partial charge in [0.2, 0.25) is 0 Å². The van der Waals surface area contributed by atoms with Gasteiger partial charge in [0.15, 0.2) is 0 Å². The fourth-order valence-electron chi connectivity index (χ4n) is 2.59. The molecule has 0 unspecified atom stereocenters. The lowest BCUT2D eigenvalue weighted by atomic mass is 10.0. The summed E-state index contributed by atoms with van der Waals surface area (Å²) in [7, 11) is 4.39. The van der Waals surface area contributed by atoms with Crippen LogP contribution in [0.4, 0.5) is 11.4 Å². The van der Waals surface area contributed by atoms with Gasteiger partial charge in [0.25, 0.3) is 0 Å². The molecule has 0 aromatic heterocycles. The van der Waals surface area contributed by atoms with Crippen LogP contribution in [0.1, 0.15) is 18.4 Å². The van der Waals surface area contributed by atoms with Crippen molar-refractivity contribution in [2.45, 2.75) is 25.8 Å². The first-order chi connectivity index (χ1) is 8.08. The molecule has 1 aliphatic heterocycles. The summed E-state index contributed by atoms with van der Waals surface area (Å²) < 4.78 is 0. The summed E-state index contributed by atoms with van der Waals surface area (Å²) in [4.78, 5) is 4.80. The molecule has 1 aliphatic rings. The van der Waals surface area contributed by atoms with Crippen LogP contribution in [0.2, 0.25) is 0 Å². The molecule has 3 nitrogen and oxygen atoms in total. The van der Waals surface area contributed by atoms with Crippen molar-refractivity contribution in [3.63, 3.8) is 0 Å². The van der Waals surface area contributed by atoms with Gasteiger partial charge in [-0.2, -0.15) is 0 Å². The van der Waals surface area contributed by atoms with Crippen molar-refractivity contribution < 1.29 is 0 Å². The summed E-state index contributed by atoms with van der Waals surface area (Å²) in [6.45, 7) is 4.53. The highest BCUT2D eigenvalue weighted by atomic mass is 15.2. The van der Waals surface area contributed by atoms with Crippen LogP contribution in [0.15, 0.2) is 18.2 Å². The van der Waals surface area contributed by atoms with Gasteiger partial charge in [0, 0.05) is 24.5 Å². The lowest BCUT2D eigenvalue weighted by molar-refractivity contribution is 0.253. The van der Waals surface area contributed by atoms with Gasteiger partial charge in [0.1, 0.15) is 0 Å².